The Hall–Kier alpha value is -4.94. The number of nitrogens with two attached hydrogens (primary N) is 1. The quantitative estimate of drug-likeness (QED) is 0.216. The van der Waals surface area contributed by atoms with Crippen molar-refractivity contribution in [3.05, 3.63) is 65.0 Å². The minimum absolute atomic E-state index is 0.0220. The molecule has 39 heavy (non-hydrogen) atoms. The molecule has 4 aromatic rings. The van der Waals surface area contributed by atoms with Crippen molar-refractivity contribution in [1.82, 2.24) is 30.7 Å². The number of phenolic OH excluding ortho intramolecular Hbond substituents is 1. The van der Waals surface area contributed by atoms with Crippen molar-refractivity contribution < 1.29 is 14.5 Å². The lowest BCUT2D eigenvalue weighted by molar-refractivity contribution is 0.0949. The first-order chi connectivity index (χ1) is 19.0. The average molecular weight is 531 g/mol. The summed E-state index contributed by atoms with van der Waals surface area (Å²) in [6, 6.07) is 13.5. The van der Waals surface area contributed by atoms with Gasteiger partial charge in [-0.25, -0.2) is 10.1 Å². The fraction of sp³-hybridized carbons (Fsp3) is 0.308. The molecule has 1 aliphatic rings. The molecule has 0 saturated carbocycles. The maximum Gasteiger partial charge on any atom is 0.293 e. The molecule has 0 saturated heterocycles. The van der Waals surface area contributed by atoms with Crippen LogP contribution in [0.5, 0.6) is 5.75 Å². The Kier molecular flexibility index (Phi) is 7.39. The third-order valence-corrected chi connectivity index (χ3v) is 6.73. The molecule has 4 N–H and O–H groups in total. The van der Waals surface area contributed by atoms with Crippen molar-refractivity contribution in [2.45, 2.75) is 33.2 Å². The van der Waals surface area contributed by atoms with Crippen LogP contribution in [0, 0.1) is 0 Å². The number of hydrogen-bond acceptors (Lipinski definition) is 11. The van der Waals surface area contributed by atoms with Crippen molar-refractivity contribution in [3.63, 3.8) is 0 Å². The number of fused-ring (bicyclic) bond motifs is 1. The van der Waals surface area contributed by atoms with Crippen LogP contribution in [0.25, 0.3) is 5.82 Å². The van der Waals surface area contributed by atoms with Gasteiger partial charge in [-0.15, -0.1) is 5.10 Å². The molecule has 2 aromatic heterocycles. The fourth-order valence-corrected chi connectivity index (χ4v) is 4.72. The van der Waals surface area contributed by atoms with Crippen LogP contribution in [0.2, 0.25) is 0 Å². The standard InChI is InChI=1S/C26H30N10O3/c1-3-34(4-2)19-12-11-18(22(37)14-19)15-28-30-26(38)23-21(36(33-29-23)25-24(27)31-39-32-25)16-35-13-7-9-17-8-5-6-10-20(17)35/h5-6,8,10-12,14-15,37H,3-4,7,9,13,16H2,1-2H3,(H2,27,31)(H,30,38). The predicted octanol–water partition coefficient (Wildman–Crippen LogP) is 2.50. The molecule has 0 atom stereocenters. The maximum absolute atomic E-state index is 13.2. The van der Waals surface area contributed by atoms with E-state index in [1.807, 2.05) is 32.0 Å². The SMILES string of the molecule is CCN(CC)c1ccc(C=NNC(=O)c2nnn(-c3nonc3N)c2CN2CCCc3ccccc32)c(O)c1. The summed E-state index contributed by atoms with van der Waals surface area (Å²) in [5.41, 5.74) is 12.6. The summed E-state index contributed by atoms with van der Waals surface area (Å²) in [5.74, 6) is -0.355. The molecular formula is C26H30N10O3. The van der Waals surface area contributed by atoms with E-state index in [1.165, 1.54) is 16.5 Å². The minimum atomic E-state index is -0.577. The molecule has 13 heteroatoms. The van der Waals surface area contributed by atoms with Crippen molar-refractivity contribution in [2.24, 2.45) is 5.10 Å². The number of phenols is 1. The molecule has 3 heterocycles. The number of carbonyl (C=O) groups is 1. The minimum Gasteiger partial charge on any atom is -0.507 e. The molecule has 0 spiro atoms. The van der Waals surface area contributed by atoms with E-state index in [4.69, 9.17) is 10.4 Å². The summed E-state index contributed by atoms with van der Waals surface area (Å²) in [6.07, 6.45) is 3.33. The number of anilines is 3. The van der Waals surface area contributed by atoms with Crippen LogP contribution in [0.1, 0.15) is 47.6 Å². The van der Waals surface area contributed by atoms with Gasteiger partial charge in [-0.2, -0.15) is 9.78 Å². The molecular weight excluding hydrogens is 500 g/mol. The molecule has 2 aromatic carbocycles. The van der Waals surface area contributed by atoms with Crippen LogP contribution in [-0.2, 0) is 13.0 Å². The Balaban J connectivity index is 1.40. The summed E-state index contributed by atoms with van der Waals surface area (Å²) in [5, 5.41) is 30.2. The Morgan fingerprint density at radius 1 is 1.23 bits per heavy atom. The van der Waals surface area contributed by atoms with Crippen LogP contribution in [-0.4, -0.2) is 62.2 Å². The molecule has 0 fully saturated rings. The Morgan fingerprint density at radius 3 is 2.79 bits per heavy atom. The zero-order valence-electron chi connectivity index (χ0n) is 21.8. The molecule has 1 aliphatic heterocycles. The average Bonchev–Trinajstić information content (AvgIpc) is 3.56. The highest BCUT2D eigenvalue weighted by molar-refractivity contribution is 5.94. The number of benzene rings is 2. The number of amides is 1. The van der Waals surface area contributed by atoms with Crippen LogP contribution in [0.15, 0.2) is 52.2 Å². The highest BCUT2D eigenvalue weighted by Crippen LogP contribution is 2.29. The smallest absolute Gasteiger partial charge is 0.293 e. The molecule has 0 aliphatic carbocycles. The van der Waals surface area contributed by atoms with Crippen molar-refractivity contribution in [2.75, 3.05) is 35.2 Å². The van der Waals surface area contributed by atoms with E-state index < -0.39 is 5.91 Å². The van der Waals surface area contributed by atoms with Gasteiger partial charge in [-0.1, -0.05) is 23.4 Å². The zero-order chi connectivity index (χ0) is 27.4. The van der Waals surface area contributed by atoms with Crippen molar-refractivity contribution in [3.8, 4) is 11.6 Å². The second-order valence-electron chi connectivity index (χ2n) is 9.04. The van der Waals surface area contributed by atoms with Crippen molar-refractivity contribution in [1.29, 1.82) is 0 Å². The van der Waals surface area contributed by atoms with Gasteiger partial charge in [0.2, 0.25) is 11.6 Å². The van der Waals surface area contributed by atoms with E-state index in [0.29, 0.717) is 17.8 Å². The normalized spacial score (nSPS) is 13.0. The number of nitrogens with zero attached hydrogens (tertiary/aromatic N) is 8. The molecule has 0 radical (unpaired) electrons. The second-order valence-corrected chi connectivity index (χ2v) is 9.04. The van der Waals surface area contributed by atoms with E-state index in [0.717, 1.165) is 43.9 Å². The Labute approximate surface area is 224 Å². The monoisotopic (exact) mass is 530 g/mol. The number of nitrogens with one attached hydrogen (secondary N) is 1. The van der Waals surface area contributed by atoms with E-state index in [-0.39, 0.29) is 23.1 Å². The number of aromatic hydroxyl groups is 1. The molecule has 0 unspecified atom stereocenters. The number of para-hydroxylation sites is 1. The third-order valence-electron chi connectivity index (χ3n) is 6.73. The van der Waals surface area contributed by atoms with Crippen LogP contribution < -0.4 is 21.0 Å². The van der Waals surface area contributed by atoms with Crippen LogP contribution in [0.3, 0.4) is 0 Å². The second kappa shape index (κ2) is 11.2. The first-order valence-electron chi connectivity index (χ1n) is 12.8. The predicted molar refractivity (Wildman–Crippen MR) is 146 cm³/mol. The molecule has 13 nitrogen and oxygen atoms in total. The lowest BCUT2D eigenvalue weighted by Crippen LogP contribution is -2.31. The largest absolute Gasteiger partial charge is 0.507 e. The lowest BCUT2D eigenvalue weighted by atomic mass is 10.0. The summed E-state index contributed by atoms with van der Waals surface area (Å²) in [7, 11) is 0. The highest BCUT2D eigenvalue weighted by atomic mass is 16.6. The van der Waals surface area contributed by atoms with E-state index in [2.05, 4.69) is 53.1 Å². The summed E-state index contributed by atoms with van der Waals surface area (Å²) in [4.78, 5) is 17.5. The summed E-state index contributed by atoms with van der Waals surface area (Å²) in [6.45, 7) is 6.84. The van der Waals surface area contributed by atoms with Gasteiger partial charge >= 0.3 is 0 Å². The highest BCUT2D eigenvalue weighted by Gasteiger charge is 2.27. The number of aryl methyl sites for hydroxylation is 1. The third kappa shape index (κ3) is 5.23. The van der Waals surface area contributed by atoms with Gasteiger partial charge in [0.25, 0.3) is 5.91 Å². The van der Waals surface area contributed by atoms with Crippen LogP contribution >= 0.6 is 0 Å². The topological polar surface area (TPSA) is 164 Å². The van der Waals surface area contributed by atoms with Gasteiger partial charge in [0, 0.05) is 42.6 Å². The van der Waals surface area contributed by atoms with Gasteiger partial charge in [0.1, 0.15) is 5.75 Å². The summed E-state index contributed by atoms with van der Waals surface area (Å²) >= 11 is 0. The van der Waals surface area contributed by atoms with E-state index in [9.17, 15) is 9.90 Å². The molecule has 0 bridgehead atoms. The molecule has 5 rings (SSSR count). The van der Waals surface area contributed by atoms with Gasteiger partial charge < -0.3 is 20.6 Å². The first kappa shape index (κ1) is 25.7. The van der Waals surface area contributed by atoms with Gasteiger partial charge in [-0.3, -0.25) is 4.79 Å². The molecule has 202 valence electrons. The number of nitrogen functional groups attached to an aromatic ring is 1. The first-order valence-corrected chi connectivity index (χ1v) is 12.8. The van der Waals surface area contributed by atoms with E-state index >= 15 is 0 Å². The van der Waals surface area contributed by atoms with Crippen LogP contribution in [0.4, 0.5) is 17.2 Å². The van der Waals surface area contributed by atoms with Gasteiger partial charge in [-0.05, 0) is 60.8 Å². The number of hydrazone groups is 1. The Morgan fingerprint density at radius 2 is 2.05 bits per heavy atom. The van der Waals surface area contributed by atoms with Gasteiger partial charge in [0.05, 0.1) is 18.5 Å². The number of rotatable bonds is 9. The van der Waals surface area contributed by atoms with Crippen molar-refractivity contribution >= 4 is 29.3 Å². The maximum atomic E-state index is 13.2. The number of carbonyl (C=O) groups excluding carboxylic acids is 1. The van der Waals surface area contributed by atoms with E-state index in [1.54, 1.807) is 12.1 Å². The lowest BCUT2D eigenvalue weighted by Gasteiger charge is -2.31. The molecule has 1 amide bonds. The fourth-order valence-electron chi connectivity index (χ4n) is 4.72. The number of hydrogen-bond donors (Lipinski definition) is 3. The zero-order valence-corrected chi connectivity index (χ0v) is 21.8. The summed E-state index contributed by atoms with van der Waals surface area (Å²) < 4.78 is 6.12. The Bertz CT molecular complexity index is 1490. The number of aromatic nitrogens is 5. The van der Waals surface area contributed by atoms with Gasteiger partial charge in [0.15, 0.2) is 5.69 Å².